The summed E-state index contributed by atoms with van der Waals surface area (Å²) in [7, 11) is 3.12. The van der Waals surface area contributed by atoms with E-state index >= 15 is 0 Å². The minimum absolute atomic E-state index is 0.232. The van der Waals surface area contributed by atoms with Crippen molar-refractivity contribution in [1.82, 2.24) is 0 Å². The number of hydrogen-bond donors (Lipinski definition) is 1. The van der Waals surface area contributed by atoms with E-state index in [4.69, 9.17) is 19.3 Å². The number of rotatable bonds is 6. The lowest BCUT2D eigenvalue weighted by molar-refractivity contribution is 0.276. The third-order valence-corrected chi connectivity index (χ3v) is 2.97. The summed E-state index contributed by atoms with van der Waals surface area (Å²) in [6.45, 7) is 0.0269. The fourth-order valence-corrected chi connectivity index (χ4v) is 1.93. The fraction of sp³-hybridized carbons (Fsp3) is 0.250. The van der Waals surface area contributed by atoms with Crippen LogP contribution in [-0.4, -0.2) is 19.3 Å². The molecule has 0 aromatic heterocycles. The van der Waals surface area contributed by atoms with Gasteiger partial charge in [0.25, 0.3) is 0 Å². The number of halogens is 1. The van der Waals surface area contributed by atoms with E-state index in [1.54, 1.807) is 32.4 Å². The van der Waals surface area contributed by atoms with Crippen molar-refractivity contribution in [3.05, 3.63) is 53.3 Å². The Morgan fingerprint density at radius 2 is 1.71 bits per heavy atom. The first-order chi connectivity index (χ1) is 10.2. The summed E-state index contributed by atoms with van der Waals surface area (Å²) in [5.74, 6) is 1.17. The highest BCUT2D eigenvalue weighted by atomic mass is 19.1. The minimum Gasteiger partial charge on any atom is -0.493 e. The summed E-state index contributed by atoms with van der Waals surface area (Å²) in [6.07, 6.45) is 0. The van der Waals surface area contributed by atoms with Gasteiger partial charge in [-0.25, -0.2) is 4.39 Å². The first kappa shape index (κ1) is 15.1. The van der Waals surface area contributed by atoms with Gasteiger partial charge in [0.15, 0.2) is 11.5 Å². The van der Waals surface area contributed by atoms with E-state index in [-0.39, 0.29) is 13.2 Å². The third-order valence-electron chi connectivity index (χ3n) is 2.97. The fourth-order valence-electron chi connectivity index (χ4n) is 1.93. The lowest BCUT2D eigenvalue weighted by Gasteiger charge is -2.11. The molecule has 0 unspecified atom stereocenters. The molecule has 112 valence electrons. The molecule has 0 fully saturated rings. The Hall–Kier alpha value is -2.27. The van der Waals surface area contributed by atoms with Crippen LogP contribution < -0.4 is 14.2 Å². The molecule has 0 saturated carbocycles. The van der Waals surface area contributed by atoms with Gasteiger partial charge < -0.3 is 19.3 Å². The van der Waals surface area contributed by atoms with Crippen LogP contribution in [0.3, 0.4) is 0 Å². The van der Waals surface area contributed by atoms with Crippen molar-refractivity contribution in [3.63, 3.8) is 0 Å². The average Bonchev–Trinajstić information content (AvgIpc) is 2.52. The topological polar surface area (TPSA) is 47.9 Å². The van der Waals surface area contributed by atoms with Crippen molar-refractivity contribution >= 4 is 0 Å². The van der Waals surface area contributed by atoms with Crippen LogP contribution in [0.25, 0.3) is 0 Å². The lowest BCUT2D eigenvalue weighted by Crippen LogP contribution is -1.99. The van der Waals surface area contributed by atoms with Gasteiger partial charge in [-0.05, 0) is 35.4 Å². The van der Waals surface area contributed by atoms with E-state index in [1.165, 1.54) is 12.1 Å². The van der Waals surface area contributed by atoms with E-state index in [2.05, 4.69) is 0 Å². The molecule has 0 radical (unpaired) electrons. The summed E-state index contributed by atoms with van der Waals surface area (Å²) in [5.41, 5.74) is 1.33. The summed E-state index contributed by atoms with van der Waals surface area (Å²) in [4.78, 5) is 0. The van der Waals surface area contributed by atoms with Gasteiger partial charge in [0.2, 0.25) is 0 Å². The highest BCUT2D eigenvalue weighted by Gasteiger charge is 2.06. The molecule has 0 atom stereocenters. The molecule has 0 aliphatic rings. The molecule has 0 saturated heterocycles. The van der Waals surface area contributed by atoms with Crippen LogP contribution in [-0.2, 0) is 13.2 Å². The number of methoxy groups -OCH3 is 2. The van der Waals surface area contributed by atoms with Gasteiger partial charge >= 0.3 is 0 Å². The van der Waals surface area contributed by atoms with Crippen molar-refractivity contribution in [2.24, 2.45) is 0 Å². The highest BCUT2D eigenvalue weighted by molar-refractivity contribution is 5.42. The normalized spacial score (nSPS) is 10.3. The molecule has 0 aliphatic heterocycles. The SMILES string of the molecule is COc1ccc(COc2cc(F)cc(CO)c2)cc1OC. The Balaban J connectivity index is 2.11. The van der Waals surface area contributed by atoms with Crippen LogP contribution in [0.1, 0.15) is 11.1 Å². The highest BCUT2D eigenvalue weighted by Crippen LogP contribution is 2.28. The summed E-state index contributed by atoms with van der Waals surface area (Å²) in [6, 6.07) is 9.56. The van der Waals surface area contributed by atoms with Gasteiger partial charge in [0.1, 0.15) is 18.2 Å². The van der Waals surface area contributed by atoms with Crippen molar-refractivity contribution < 1.29 is 23.7 Å². The van der Waals surface area contributed by atoms with E-state index in [0.717, 1.165) is 5.56 Å². The maximum Gasteiger partial charge on any atom is 0.161 e. The van der Waals surface area contributed by atoms with Crippen LogP contribution >= 0.6 is 0 Å². The van der Waals surface area contributed by atoms with Crippen molar-refractivity contribution in [1.29, 1.82) is 0 Å². The monoisotopic (exact) mass is 292 g/mol. The molecule has 0 aliphatic carbocycles. The molecule has 0 bridgehead atoms. The van der Waals surface area contributed by atoms with Gasteiger partial charge in [0.05, 0.1) is 20.8 Å². The van der Waals surface area contributed by atoms with E-state index in [9.17, 15) is 4.39 Å². The maximum atomic E-state index is 13.3. The van der Waals surface area contributed by atoms with Gasteiger partial charge in [-0.2, -0.15) is 0 Å². The van der Waals surface area contributed by atoms with Gasteiger partial charge in [0, 0.05) is 6.07 Å². The smallest absolute Gasteiger partial charge is 0.161 e. The summed E-state index contributed by atoms with van der Waals surface area (Å²) in [5, 5.41) is 9.05. The third kappa shape index (κ3) is 3.86. The molecule has 21 heavy (non-hydrogen) atoms. The lowest BCUT2D eigenvalue weighted by atomic mass is 10.2. The van der Waals surface area contributed by atoms with E-state index < -0.39 is 5.82 Å². The zero-order chi connectivity index (χ0) is 15.2. The second-order valence-electron chi connectivity index (χ2n) is 4.43. The van der Waals surface area contributed by atoms with Crippen molar-refractivity contribution in [2.45, 2.75) is 13.2 Å². The predicted octanol–water partition coefficient (Wildman–Crippen LogP) is 2.91. The Labute approximate surface area is 122 Å². The number of ether oxygens (including phenoxy) is 3. The van der Waals surface area contributed by atoms with Crippen LogP contribution in [0.2, 0.25) is 0 Å². The Bertz CT molecular complexity index is 613. The maximum absolute atomic E-state index is 13.3. The van der Waals surface area contributed by atoms with Crippen LogP contribution in [0, 0.1) is 5.82 Å². The predicted molar refractivity (Wildman–Crippen MR) is 76.2 cm³/mol. The zero-order valence-electron chi connectivity index (χ0n) is 11.9. The summed E-state index contributed by atoms with van der Waals surface area (Å²) >= 11 is 0. The molecule has 0 heterocycles. The van der Waals surface area contributed by atoms with Crippen molar-refractivity contribution in [2.75, 3.05) is 14.2 Å². The Kier molecular flexibility index (Phi) is 5.00. The average molecular weight is 292 g/mol. The molecule has 2 aromatic carbocycles. The Morgan fingerprint density at radius 1 is 0.952 bits per heavy atom. The van der Waals surface area contributed by atoms with E-state index in [1.807, 2.05) is 6.07 Å². The molecule has 1 N–H and O–H groups in total. The summed E-state index contributed by atoms with van der Waals surface area (Å²) < 4.78 is 29.2. The van der Waals surface area contributed by atoms with Crippen LogP contribution in [0.15, 0.2) is 36.4 Å². The molecule has 2 aromatic rings. The quantitative estimate of drug-likeness (QED) is 0.889. The number of aliphatic hydroxyl groups excluding tert-OH is 1. The van der Waals surface area contributed by atoms with Gasteiger partial charge in [-0.1, -0.05) is 6.07 Å². The number of benzene rings is 2. The van der Waals surface area contributed by atoms with E-state index in [0.29, 0.717) is 22.8 Å². The Morgan fingerprint density at radius 3 is 2.38 bits per heavy atom. The molecule has 0 spiro atoms. The number of hydrogen-bond acceptors (Lipinski definition) is 4. The van der Waals surface area contributed by atoms with Gasteiger partial charge in [-0.15, -0.1) is 0 Å². The number of aliphatic hydroxyl groups is 1. The van der Waals surface area contributed by atoms with Crippen LogP contribution in [0.4, 0.5) is 4.39 Å². The molecule has 2 rings (SSSR count). The standard InChI is InChI=1S/C16H17FO4/c1-19-15-4-3-11(7-16(15)20-2)10-21-14-6-12(9-18)5-13(17)8-14/h3-8,18H,9-10H2,1-2H3. The zero-order valence-corrected chi connectivity index (χ0v) is 11.9. The molecule has 4 nitrogen and oxygen atoms in total. The minimum atomic E-state index is -0.441. The largest absolute Gasteiger partial charge is 0.493 e. The van der Waals surface area contributed by atoms with Gasteiger partial charge in [-0.3, -0.25) is 0 Å². The molecule has 5 heteroatoms. The second-order valence-corrected chi connectivity index (χ2v) is 4.43. The second kappa shape index (κ2) is 6.95. The first-order valence-electron chi connectivity index (χ1n) is 6.40. The molecular formula is C16H17FO4. The first-order valence-corrected chi connectivity index (χ1v) is 6.40. The molecular weight excluding hydrogens is 275 g/mol. The molecule has 0 amide bonds. The van der Waals surface area contributed by atoms with Crippen molar-refractivity contribution in [3.8, 4) is 17.2 Å². The van der Waals surface area contributed by atoms with Crippen LogP contribution in [0.5, 0.6) is 17.2 Å².